The van der Waals surface area contributed by atoms with Crippen LogP contribution in [-0.4, -0.2) is 22.4 Å². The number of aromatic nitrogens is 1. The SMILES string of the molecule is O=C1NC(=O)N(c2cccc(Cl)c2Cl)C(=O)/C1=C/c1cn(Cc2ccccc2F)c2ccccc12. The first-order valence-electron chi connectivity index (χ1n) is 10.5. The number of nitrogens with one attached hydrogen (secondary N) is 1. The van der Waals surface area contributed by atoms with Crippen LogP contribution < -0.4 is 10.2 Å². The number of hydrogen-bond donors (Lipinski definition) is 1. The van der Waals surface area contributed by atoms with Gasteiger partial charge in [0.05, 0.1) is 22.3 Å². The maximum absolute atomic E-state index is 14.3. The van der Waals surface area contributed by atoms with Gasteiger partial charge in [-0.25, -0.2) is 14.1 Å². The van der Waals surface area contributed by atoms with Gasteiger partial charge in [-0.2, -0.15) is 0 Å². The van der Waals surface area contributed by atoms with Crippen LogP contribution >= 0.6 is 23.2 Å². The molecule has 4 aromatic rings. The van der Waals surface area contributed by atoms with E-state index in [2.05, 4.69) is 5.32 Å². The van der Waals surface area contributed by atoms with Gasteiger partial charge in [0, 0.05) is 28.2 Å². The number of fused-ring (bicyclic) bond motifs is 1. The van der Waals surface area contributed by atoms with Gasteiger partial charge in [0.1, 0.15) is 11.4 Å². The van der Waals surface area contributed by atoms with E-state index in [1.54, 1.807) is 30.5 Å². The number of imide groups is 2. The lowest BCUT2D eigenvalue weighted by atomic mass is 10.1. The lowest BCUT2D eigenvalue weighted by molar-refractivity contribution is -0.122. The number of carbonyl (C=O) groups excluding carboxylic acids is 3. The minimum absolute atomic E-state index is 0.00727. The van der Waals surface area contributed by atoms with E-state index in [1.807, 2.05) is 28.8 Å². The summed E-state index contributed by atoms with van der Waals surface area (Å²) < 4.78 is 16.1. The summed E-state index contributed by atoms with van der Waals surface area (Å²) in [6.07, 6.45) is 3.15. The maximum Gasteiger partial charge on any atom is 0.336 e. The van der Waals surface area contributed by atoms with Crippen LogP contribution in [0.25, 0.3) is 17.0 Å². The molecule has 174 valence electrons. The molecule has 1 aliphatic rings. The van der Waals surface area contributed by atoms with Crippen molar-refractivity contribution in [1.82, 2.24) is 9.88 Å². The van der Waals surface area contributed by atoms with Crippen molar-refractivity contribution in [3.05, 3.63) is 105 Å². The second kappa shape index (κ2) is 9.02. The van der Waals surface area contributed by atoms with Gasteiger partial charge in [0.25, 0.3) is 11.8 Å². The lowest BCUT2D eigenvalue weighted by Crippen LogP contribution is -2.54. The molecule has 0 spiro atoms. The molecule has 0 bridgehead atoms. The zero-order chi connectivity index (χ0) is 24.7. The zero-order valence-electron chi connectivity index (χ0n) is 18.0. The van der Waals surface area contributed by atoms with Crippen molar-refractivity contribution in [1.29, 1.82) is 0 Å². The number of rotatable bonds is 4. The van der Waals surface area contributed by atoms with E-state index in [4.69, 9.17) is 23.2 Å². The molecule has 5 rings (SSSR count). The molecule has 1 N–H and O–H groups in total. The normalized spacial score (nSPS) is 15.2. The topological polar surface area (TPSA) is 71.4 Å². The van der Waals surface area contributed by atoms with Gasteiger partial charge in [-0.3, -0.25) is 14.9 Å². The summed E-state index contributed by atoms with van der Waals surface area (Å²) in [5.74, 6) is -2.01. The Morgan fingerprint density at radius 3 is 2.46 bits per heavy atom. The molecule has 0 unspecified atom stereocenters. The standard InChI is InChI=1S/C26H16Cl2FN3O3/c27-19-8-5-11-22(23(19)28)32-25(34)18(24(33)30-26(32)35)12-16-14-31(21-10-4-2-7-17(16)21)13-15-6-1-3-9-20(15)29/h1-12,14H,13H2,(H,30,33,35)/b18-12+. The first-order chi connectivity index (χ1) is 16.8. The number of hydrogen-bond acceptors (Lipinski definition) is 3. The largest absolute Gasteiger partial charge is 0.342 e. The number of nitrogens with zero attached hydrogens (tertiary/aromatic N) is 2. The second-order valence-electron chi connectivity index (χ2n) is 7.85. The van der Waals surface area contributed by atoms with Crippen LogP contribution in [0, 0.1) is 5.82 Å². The Bertz CT molecular complexity index is 1560. The molecule has 9 heteroatoms. The van der Waals surface area contributed by atoms with Gasteiger partial charge in [-0.1, -0.05) is 65.7 Å². The predicted molar refractivity (Wildman–Crippen MR) is 133 cm³/mol. The van der Waals surface area contributed by atoms with Crippen molar-refractivity contribution in [3.63, 3.8) is 0 Å². The van der Waals surface area contributed by atoms with Gasteiger partial charge in [0.15, 0.2) is 0 Å². The first kappa shape index (κ1) is 22.8. The highest BCUT2D eigenvalue weighted by atomic mass is 35.5. The summed E-state index contributed by atoms with van der Waals surface area (Å²) >= 11 is 12.3. The van der Waals surface area contributed by atoms with Crippen LogP contribution in [0.15, 0.2) is 78.5 Å². The number of halogens is 3. The quantitative estimate of drug-likeness (QED) is 0.280. The maximum atomic E-state index is 14.3. The number of anilines is 1. The molecular weight excluding hydrogens is 492 g/mol. The molecule has 6 nitrogen and oxygen atoms in total. The van der Waals surface area contributed by atoms with E-state index in [0.717, 1.165) is 15.8 Å². The summed E-state index contributed by atoms with van der Waals surface area (Å²) in [7, 11) is 0. The van der Waals surface area contributed by atoms with Crippen molar-refractivity contribution in [2.24, 2.45) is 0 Å². The number of barbiturate groups is 1. The van der Waals surface area contributed by atoms with Gasteiger partial charge < -0.3 is 4.57 Å². The Morgan fingerprint density at radius 1 is 0.914 bits per heavy atom. The Hall–Kier alpha value is -3.94. The van der Waals surface area contributed by atoms with Crippen LogP contribution in [0.4, 0.5) is 14.9 Å². The fourth-order valence-corrected chi connectivity index (χ4v) is 4.41. The van der Waals surface area contributed by atoms with Crippen LogP contribution in [0.2, 0.25) is 10.0 Å². The van der Waals surface area contributed by atoms with Gasteiger partial charge in [-0.05, 0) is 30.3 Å². The molecule has 3 aromatic carbocycles. The number of urea groups is 1. The van der Waals surface area contributed by atoms with Crippen molar-refractivity contribution >= 4 is 63.7 Å². The van der Waals surface area contributed by atoms with E-state index in [0.29, 0.717) is 11.1 Å². The fourth-order valence-electron chi connectivity index (χ4n) is 4.03. The third kappa shape index (κ3) is 4.09. The molecule has 2 heterocycles. The van der Waals surface area contributed by atoms with E-state index < -0.39 is 17.8 Å². The van der Waals surface area contributed by atoms with Crippen molar-refractivity contribution in [2.45, 2.75) is 6.54 Å². The summed E-state index contributed by atoms with van der Waals surface area (Å²) in [6.45, 7) is 0.249. The Labute approximate surface area is 209 Å². The Balaban J connectivity index is 1.59. The Kier molecular flexibility index (Phi) is 5.88. The summed E-state index contributed by atoms with van der Waals surface area (Å²) in [6, 6.07) is 17.4. The van der Waals surface area contributed by atoms with Crippen molar-refractivity contribution < 1.29 is 18.8 Å². The fraction of sp³-hybridized carbons (Fsp3) is 0.0385. The highest BCUT2D eigenvalue weighted by molar-refractivity contribution is 6.46. The van der Waals surface area contributed by atoms with E-state index >= 15 is 0 Å². The van der Waals surface area contributed by atoms with Gasteiger partial charge >= 0.3 is 6.03 Å². The lowest BCUT2D eigenvalue weighted by Gasteiger charge is -2.27. The summed E-state index contributed by atoms with van der Waals surface area (Å²) in [4.78, 5) is 39.3. The smallest absolute Gasteiger partial charge is 0.336 e. The molecule has 0 radical (unpaired) electrons. The third-order valence-electron chi connectivity index (χ3n) is 5.69. The van der Waals surface area contributed by atoms with E-state index in [9.17, 15) is 18.8 Å². The molecular formula is C26H16Cl2FN3O3. The molecule has 0 atom stereocenters. The van der Waals surface area contributed by atoms with E-state index in [1.165, 1.54) is 24.3 Å². The highest BCUT2D eigenvalue weighted by Gasteiger charge is 2.38. The van der Waals surface area contributed by atoms with Gasteiger partial charge in [0.2, 0.25) is 0 Å². The second-order valence-corrected chi connectivity index (χ2v) is 8.64. The summed E-state index contributed by atoms with van der Waals surface area (Å²) in [5, 5.41) is 3.09. The predicted octanol–water partition coefficient (Wildman–Crippen LogP) is 5.80. The minimum Gasteiger partial charge on any atom is -0.342 e. The molecule has 1 fully saturated rings. The highest BCUT2D eigenvalue weighted by Crippen LogP contribution is 2.34. The number of amides is 4. The van der Waals surface area contributed by atoms with Crippen molar-refractivity contribution in [3.8, 4) is 0 Å². The number of benzene rings is 3. The number of para-hydroxylation sites is 1. The molecule has 35 heavy (non-hydrogen) atoms. The summed E-state index contributed by atoms with van der Waals surface area (Å²) in [5.41, 5.74) is 1.64. The van der Waals surface area contributed by atoms with Crippen LogP contribution in [0.1, 0.15) is 11.1 Å². The number of carbonyl (C=O) groups is 3. The van der Waals surface area contributed by atoms with Crippen molar-refractivity contribution in [2.75, 3.05) is 4.90 Å². The molecule has 1 aromatic heterocycles. The van der Waals surface area contributed by atoms with Crippen LogP contribution in [-0.2, 0) is 16.1 Å². The molecule has 1 aliphatic heterocycles. The minimum atomic E-state index is -0.928. The average molecular weight is 508 g/mol. The third-order valence-corrected chi connectivity index (χ3v) is 6.50. The monoisotopic (exact) mass is 507 g/mol. The first-order valence-corrected chi connectivity index (χ1v) is 11.3. The Morgan fingerprint density at radius 2 is 1.66 bits per heavy atom. The van der Waals surface area contributed by atoms with Crippen LogP contribution in [0.3, 0.4) is 0 Å². The average Bonchev–Trinajstić information content (AvgIpc) is 3.18. The molecule has 1 saturated heterocycles. The zero-order valence-corrected chi connectivity index (χ0v) is 19.5. The van der Waals surface area contributed by atoms with E-state index in [-0.39, 0.29) is 33.7 Å². The molecule has 0 saturated carbocycles. The van der Waals surface area contributed by atoms with Crippen LogP contribution in [0.5, 0.6) is 0 Å². The molecule has 0 aliphatic carbocycles. The molecule has 4 amide bonds. The van der Waals surface area contributed by atoms with Gasteiger partial charge in [-0.15, -0.1) is 0 Å².